The zero-order valence-electron chi connectivity index (χ0n) is 16.0. The zero-order valence-corrected chi connectivity index (χ0v) is 16.7. The van der Waals surface area contributed by atoms with E-state index in [4.69, 9.17) is 16.3 Å². The molecule has 1 amide bonds. The molecule has 140 valence electrons. The molecule has 1 saturated heterocycles. The Morgan fingerprint density at radius 1 is 1.20 bits per heavy atom. The topological polar surface area (TPSA) is 36.0 Å². The van der Waals surface area contributed by atoms with Crippen molar-refractivity contribution in [1.29, 1.82) is 0 Å². The molecule has 0 aliphatic carbocycles. The van der Waals surface area contributed by atoms with Crippen molar-refractivity contribution in [3.05, 3.63) is 34.9 Å². The zero-order chi connectivity index (χ0) is 18.6. The van der Waals surface area contributed by atoms with Crippen LogP contribution in [-0.4, -0.2) is 73.2 Å². The minimum Gasteiger partial charge on any atom is -0.444 e. The van der Waals surface area contributed by atoms with Crippen molar-refractivity contribution in [2.24, 2.45) is 0 Å². The molecule has 1 heterocycles. The summed E-state index contributed by atoms with van der Waals surface area (Å²) >= 11 is 6.44. The molecule has 0 aromatic heterocycles. The lowest BCUT2D eigenvalue weighted by Crippen LogP contribution is -2.52. The van der Waals surface area contributed by atoms with Crippen LogP contribution in [0.3, 0.4) is 0 Å². The maximum Gasteiger partial charge on any atom is 0.410 e. The second kappa shape index (κ2) is 8.39. The smallest absolute Gasteiger partial charge is 0.410 e. The van der Waals surface area contributed by atoms with Crippen LogP contribution in [0.25, 0.3) is 0 Å². The highest BCUT2D eigenvalue weighted by molar-refractivity contribution is 6.31. The van der Waals surface area contributed by atoms with E-state index in [9.17, 15) is 4.79 Å². The molecule has 1 aromatic carbocycles. The molecule has 0 N–H and O–H groups in total. The fourth-order valence-corrected chi connectivity index (χ4v) is 3.31. The Hall–Kier alpha value is -1.30. The molecule has 0 bridgehead atoms. The highest BCUT2D eigenvalue weighted by Crippen LogP contribution is 2.29. The lowest BCUT2D eigenvalue weighted by Gasteiger charge is -2.40. The van der Waals surface area contributed by atoms with Crippen LogP contribution < -0.4 is 0 Å². The number of nitrogens with zero attached hydrogens (tertiary/aromatic N) is 3. The molecule has 0 radical (unpaired) electrons. The Morgan fingerprint density at radius 3 is 2.32 bits per heavy atom. The molecule has 25 heavy (non-hydrogen) atoms. The molecule has 0 saturated carbocycles. The third-order valence-corrected chi connectivity index (χ3v) is 4.55. The summed E-state index contributed by atoms with van der Waals surface area (Å²) < 4.78 is 5.48. The van der Waals surface area contributed by atoms with Gasteiger partial charge >= 0.3 is 6.09 Å². The van der Waals surface area contributed by atoms with Gasteiger partial charge in [-0.25, -0.2) is 4.79 Å². The largest absolute Gasteiger partial charge is 0.444 e. The van der Waals surface area contributed by atoms with Crippen LogP contribution in [0, 0.1) is 0 Å². The molecule has 1 aromatic rings. The molecule has 1 aliphatic rings. The predicted molar refractivity (Wildman–Crippen MR) is 102 cm³/mol. The van der Waals surface area contributed by atoms with E-state index in [-0.39, 0.29) is 12.1 Å². The van der Waals surface area contributed by atoms with Gasteiger partial charge in [0.2, 0.25) is 0 Å². The molecule has 2 rings (SSSR count). The van der Waals surface area contributed by atoms with Crippen molar-refractivity contribution >= 4 is 17.7 Å². The molecule has 6 heteroatoms. The van der Waals surface area contributed by atoms with Crippen LogP contribution >= 0.6 is 11.6 Å². The second-order valence-corrected chi connectivity index (χ2v) is 8.21. The number of hydrogen-bond donors (Lipinski definition) is 0. The normalized spacial score (nSPS) is 17.6. The van der Waals surface area contributed by atoms with Gasteiger partial charge in [0.25, 0.3) is 0 Å². The van der Waals surface area contributed by atoms with E-state index in [1.807, 2.05) is 39.0 Å². The second-order valence-electron chi connectivity index (χ2n) is 7.80. The van der Waals surface area contributed by atoms with E-state index in [2.05, 4.69) is 30.0 Å². The van der Waals surface area contributed by atoms with Crippen LogP contribution in [0.2, 0.25) is 5.02 Å². The molecule has 1 fully saturated rings. The van der Waals surface area contributed by atoms with E-state index in [1.54, 1.807) is 4.90 Å². The predicted octanol–water partition coefficient (Wildman–Crippen LogP) is 3.50. The number of halogens is 1. The summed E-state index contributed by atoms with van der Waals surface area (Å²) in [6.45, 7) is 9.53. The molecule has 1 unspecified atom stereocenters. The third-order valence-electron chi connectivity index (χ3n) is 4.21. The maximum absolute atomic E-state index is 12.2. The Bertz CT molecular complexity index is 578. The number of carbonyl (C=O) groups excluding carboxylic acids is 1. The fourth-order valence-electron chi connectivity index (χ4n) is 3.04. The van der Waals surface area contributed by atoms with Gasteiger partial charge in [0.15, 0.2) is 0 Å². The minimum absolute atomic E-state index is 0.212. The van der Waals surface area contributed by atoms with Gasteiger partial charge in [-0.2, -0.15) is 0 Å². The summed E-state index contributed by atoms with van der Waals surface area (Å²) in [5.74, 6) is 0. The van der Waals surface area contributed by atoms with Crippen molar-refractivity contribution < 1.29 is 9.53 Å². The van der Waals surface area contributed by atoms with Gasteiger partial charge in [0.1, 0.15) is 5.60 Å². The summed E-state index contributed by atoms with van der Waals surface area (Å²) in [5.41, 5.74) is 0.683. The average Bonchev–Trinajstić information content (AvgIpc) is 2.52. The van der Waals surface area contributed by atoms with E-state index in [0.717, 1.165) is 30.2 Å². The van der Waals surface area contributed by atoms with Crippen molar-refractivity contribution in [3.8, 4) is 0 Å². The summed E-state index contributed by atoms with van der Waals surface area (Å²) in [4.78, 5) is 18.6. The first-order valence-electron chi connectivity index (χ1n) is 8.78. The van der Waals surface area contributed by atoms with Crippen LogP contribution in [0.5, 0.6) is 0 Å². The number of hydrogen-bond acceptors (Lipinski definition) is 4. The Kier molecular flexibility index (Phi) is 6.72. The Balaban J connectivity index is 2.05. The highest BCUT2D eigenvalue weighted by Gasteiger charge is 2.30. The maximum atomic E-state index is 12.2. The van der Waals surface area contributed by atoms with Crippen LogP contribution in [0.1, 0.15) is 32.4 Å². The lowest BCUT2D eigenvalue weighted by atomic mass is 10.0. The monoisotopic (exact) mass is 367 g/mol. The number of benzene rings is 1. The summed E-state index contributed by atoms with van der Waals surface area (Å²) in [5, 5.41) is 0.795. The first-order chi connectivity index (χ1) is 11.7. The van der Waals surface area contributed by atoms with E-state index in [1.165, 1.54) is 0 Å². The minimum atomic E-state index is -0.459. The van der Waals surface area contributed by atoms with Gasteiger partial charge in [0, 0.05) is 43.8 Å². The number of ether oxygens (including phenoxy) is 1. The molecule has 1 aliphatic heterocycles. The van der Waals surface area contributed by atoms with Crippen molar-refractivity contribution in [2.75, 3.05) is 46.8 Å². The van der Waals surface area contributed by atoms with Crippen LogP contribution in [0.4, 0.5) is 4.79 Å². The molecule has 0 spiro atoms. The van der Waals surface area contributed by atoms with Gasteiger partial charge in [-0.1, -0.05) is 29.8 Å². The summed E-state index contributed by atoms with van der Waals surface area (Å²) in [6.07, 6.45) is -0.228. The standard InChI is InChI=1S/C19H30ClN3O2/c1-19(2,3)25-18(24)23-12-10-22(11-13-23)17(14-21(4)5)15-8-6-7-9-16(15)20/h6-9,17H,10-14H2,1-5H3. The molecule has 1 atom stereocenters. The van der Waals surface area contributed by atoms with Crippen molar-refractivity contribution in [3.63, 3.8) is 0 Å². The Labute approximate surface area is 156 Å². The van der Waals surface area contributed by atoms with Gasteiger partial charge < -0.3 is 14.5 Å². The van der Waals surface area contributed by atoms with Crippen molar-refractivity contribution in [1.82, 2.24) is 14.7 Å². The van der Waals surface area contributed by atoms with E-state index < -0.39 is 5.60 Å². The van der Waals surface area contributed by atoms with Gasteiger partial charge in [-0.3, -0.25) is 4.90 Å². The summed E-state index contributed by atoms with van der Waals surface area (Å²) in [6, 6.07) is 8.23. The molecular formula is C19H30ClN3O2. The molecule has 5 nitrogen and oxygen atoms in total. The van der Waals surface area contributed by atoms with Crippen LogP contribution in [0.15, 0.2) is 24.3 Å². The van der Waals surface area contributed by atoms with Gasteiger partial charge in [-0.15, -0.1) is 0 Å². The van der Waals surface area contributed by atoms with Crippen LogP contribution in [-0.2, 0) is 4.74 Å². The lowest BCUT2D eigenvalue weighted by molar-refractivity contribution is 0.00885. The summed E-state index contributed by atoms with van der Waals surface area (Å²) in [7, 11) is 4.14. The van der Waals surface area contributed by atoms with Crippen molar-refractivity contribution in [2.45, 2.75) is 32.4 Å². The SMILES string of the molecule is CN(C)CC(c1ccccc1Cl)N1CCN(C(=O)OC(C)(C)C)CC1. The van der Waals surface area contributed by atoms with Gasteiger partial charge in [0.05, 0.1) is 0 Å². The number of carbonyl (C=O) groups is 1. The van der Waals surface area contributed by atoms with E-state index in [0.29, 0.717) is 13.1 Å². The number of rotatable bonds is 4. The first-order valence-corrected chi connectivity index (χ1v) is 9.16. The average molecular weight is 368 g/mol. The molecular weight excluding hydrogens is 338 g/mol. The first kappa shape index (κ1) is 20.0. The quantitative estimate of drug-likeness (QED) is 0.816. The fraction of sp³-hybridized carbons (Fsp3) is 0.632. The third kappa shape index (κ3) is 5.87. The number of amides is 1. The van der Waals surface area contributed by atoms with Gasteiger partial charge in [-0.05, 0) is 46.5 Å². The highest BCUT2D eigenvalue weighted by atomic mass is 35.5. The number of piperazine rings is 1. The Morgan fingerprint density at radius 2 is 1.80 bits per heavy atom. The van der Waals surface area contributed by atoms with E-state index >= 15 is 0 Å². The number of likely N-dealkylation sites (N-methyl/N-ethyl adjacent to an activating group) is 1.